The van der Waals surface area contributed by atoms with Crippen molar-refractivity contribution in [1.82, 2.24) is 0 Å². The molecule has 8 heavy (non-hydrogen) atoms. The molecule has 0 aromatic heterocycles. The van der Waals surface area contributed by atoms with Gasteiger partial charge in [-0.3, -0.25) is 0 Å². The molecule has 0 saturated heterocycles. The van der Waals surface area contributed by atoms with Crippen LogP contribution in [0.5, 0.6) is 0 Å². The van der Waals surface area contributed by atoms with Gasteiger partial charge in [-0.2, -0.15) is 0 Å². The van der Waals surface area contributed by atoms with Gasteiger partial charge >= 0.3 is 0 Å². The third kappa shape index (κ3) is 3.91. The van der Waals surface area contributed by atoms with E-state index >= 15 is 0 Å². The molecule has 0 radical (unpaired) electrons. The standard InChI is InChI=1S/C6H10.C2H6/c1-2-4-6-5-3-1;1-2/h1-2H,3-6H2;1-2H3. The lowest BCUT2D eigenvalue weighted by Crippen LogP contribution is -1.77. The Hall–Kier alpha value is -0.260. The molecule has 0 unspecified atom stereocenters. The molecule has 0 heterocycles. The van der Waals surface area contributed by atoms with Crippen LogP contribution in [0.25, 0.3) is 0 Å². The fourth-order valence-corrected chi connectivity index (χ4v) is 0.760. The first-order valence-corrected chi connectivity index (χ1v) is 3.65. The van der Waals surface area contributed by atoms with Crippen molar-refractivity contribution in [2.75, 3.05) is 0 Å². The molecule has 0 aromatic rings. The van der Waals surface area contributed by atoms with Crippen molar-refractivity contribution in [2.45, 2.75) is 39.5 Å². The summed E-state index contributed by atoms with van der Waals surface area (Å²) in [6, 6.07) is 0. The highest BCUT2D eigenvalue weighted by molar-refractivity contribution is 4.85. The van der Waals surface area contributed by atoms with E-state index in [0.717, 1.165) is 0 Å². The van der Waals surface area contributed by atoms with Gasteiger partial charge < -0.3 is 0 Å². The van der Waals surface area contributed by atoms with Gasteiger partial charge in [0.05, 0.1) is 0 Å². The van der Waals surface area contributed by atoms with Gasteiger partial charge in [-0.25, -0.2) is 0 Å². The van der Waals surface area contributed by atoms with Crippen LogP contribution in [0.2, 0.25) is 0 Å². The maximum Gasteiger partial charge on any atom is -0.0351 e. The summed E-state index contributed by atoms with van der Waals surface area (Å²) in [7, 11) is 0. The van der Waals surface area contributed by atoms with E-state index in [-0.39, 0.29) is 0 Å². The zero-order chi connectivity index (χ0) is 6.24. The Bertz CT molecular complexity index is 45.1. The normalized spacial score (nSPS) is 16.8. The van der Waals surface area contributed by atoms with Gasteiger partial charge in [0, 0.05) is 0 Å². The molecule has 0 saturated carbocycles. The molecular weight excluding hydrogens is 96.1 g/mol. The molecule has 0 aromatic carbocycles. The van der Waals surface area contributed by atoms with Crippen LogP contribution >= 0.6 is 0 Å². The first-order valence-electron chi connectivity index (χ1n) is 3.65. The van der Waals surface area contributed by atoms with Gasteiger partial charge in [-0.05, 0) is 25.7 Å². The van der Waals surface area contributed by atoms with Crippen LogP contribution in [0.1, 0.15) is 39.5 Å². The third-order valence-corrected chi connectivity index (χ3v) is 1.16. The van der Waals surface area contributed by atoms with Crippen LogP contribution in [-0.2, 0) is 0 Å². The average Bonchev–Trinajstić information content (AvgIpc) is 1.96. The fourth-order valence-electron chi connectivity index (χ4n) is 0.760. The van der Waals surface area contributed by atoms with E-state index in [1.165, 1.54) is 25.7 Å². The van der Waals surface area contributed by atoms with Gasteiger partial charge in [0.1, 0.15) is 0 Å². The zero-order valence-corrected chi connectivity index (χ0v) is 5.98. The Morgan fingerprint density at radius 3 is 1.38 bits per heavy atom. The second-order valence-electron chi connectivity index (χ2n) is 1.76. The van der Waals surface area contributed by atoms with E-state index in [9.17, 15) is 0 Å². The number of hydrogen-bond acceptors (Lipinski definition) is 0. The van der Waals surface area contributed by atoms with Crippen LogP contribution in [0, 0.1) is 0 Å². The number of hydrogen-bond donors (Lipinski definition) is 0. The van der Waals surface area contributed by atoms with Crippen LogP contribution in [0.15, 0.2) is 12.2 Å². The third-order valence-electron chi connectivity index (χ3n) is 1.16. The number of rotatable bonds is 0. The molecule has 1 aliphatic rings. The second-order valence-corrected chi connectivity index (χ2v) is 1.76. The minimum Gasteiger partial charge on any atom is -0.0885 e. The molecule has 0 amide bonds. The van der Waals surface area contributed by atoms with Crippen LogP contribution < -0.4 is 0 Å². The predicted molar refractivity (Wildman–Crippen MR) is 39.0 cm³/mol. The minimum absolute atomic E-state index is 1.32. The molecule has 0 nitrogen and oxygen atoms in total. The molecule has 0 bridgehead atoms. The smallest absolute Gasteiger partial charge is 0.0351 e. The molecule has 0 fully saturated rings. The Kier molecular flexibility index (Phi) is 6.52. The maximum atomic E-state index is 2.27. The SMILES string of the molecule is C1=CCCCC1.CC. The van der Waals surface area contributed by atoms with E-state index < -0.39 is 0 Å². The van der Waals surface area contributed by atoms with E-state index in [0.29, 0.717) is 0 Å². The van der Waals surface area contributed by atoms with Gasteiger partial charge in [0.25, 0.3) is 0 Å². The maximum absolute atomic E-state index is 2.27. The predicted octanol–water partition coefficient (Wildman–Crippen LogP) is 3.14. The summed E-state index contributed by atoms with van der Waals surface area (Å²) in [5.41, 5.74) is 0. The van der Waals surface area contributed by atoms with Crippen LogP contribution in [0.4, 0.5) is 0 Å². The molecule has 0 atom stereocenters. The zero-order valence-electron chi connectivity index (χ0n) is 5.98. The van der Waals surface area contributed by atoms with Crippen LogP contribution in [-0.4, -0.2) is 0 Å². The minimum atomic E-state index is 1.32. The lowest BCUT2D eigenvalue weighted by atomic mass is 10.1. The topological polar surface area (TPSA) is 0 Å². The van der Waals surface area contributed by atoms with Crippen molar-refractivity contribution >= 4 is 0 Å². The van der Waals surface area contributed by atoms with Crippen molar-refractivity contribution in [2.24, 2.45) is 0 Å². The summed E-state index contributed by atoms with van der Waals surface area (Å²) in [6.07, 6.45) is 10.0. The first kappa shape index (κ1) is 7.74. The largest absolute Gasteiger partial charge is 0.0885 e. The Morgan fingerprint density at radius 1 is 0.875 bits per heavy atom. The van der Waals surface area contributed by atoms with Crippen molar-refractivity contribution < 1.29 is 0 Å². The van der Waals surface area contributed by atoms with Crippen LogP contribution in [0.3, 0.4) is 0 Å². The summed E-state index contributed by atoms with van der Waals surface area (Å²) >= 11 is 0. The molecule has 0 heteroatoms. The Labute approximate surface area is 52.6 Å². The highest BCUT2D eigenvalue weighted by atomic mass is 13.9. The number of allylic oxidation sites excluding steroid dienone is 2. The van der Waals surface area contributed by atoms with Crippen molar-refractivity contribution in [3.05, 3.63) is 12.2 Å². The molecular formula is C8H16. The monoisotopic (exact) mass is 112 g/mol. The summed E-state index contributed by atoms with van der Waals surface area (Å²) in [5.74, 6) is 0. The molecule has 48 valence electrons. The highest BCUT2D eigenvalue weighted by Gasteiger charge is 1.87. The summed E-state index contributed by atoms with van der Waals surface area (Å²) in [5, 5.41) is 0. The quantitative estimate of drug-likeness (QED) is 0.422. The van der Waals surface area contributed by atoms with Crippen molar-refractivity contribution in [1.29, 1.82) is 0 Å². The van der Waals surface area contributed by atoms with Crippen molar-refractivity contribution in [3.63, 3.8) is 0 Å². The molecule has 0 aliphatic heterocycles. The van der Waals surface area contributed by atoms with E-state index in [1.54, 1.807) is 0 Å². The van der Waals surface area contributed by atoms with E-state index in [1.807, 2.05) is 13.8 Å². The summed E-state index contributed by atoms with van der Waals surface area (Å²) < 4.78 is 0. The second kappa shape index (κ2) is 6.74. The Balaban J connectivity index is 0.000000222. The molecule has 1 aliphatic carbocycles. The van der Waals surface area contributed by atoms with Gasteiger partial charge in [0.15, 0.2) is 0 Å². The summed E-state index contributed by atoms with van der Waals surface area (Å²) in [4.78, 5) is 0. The van der Waals surface area contributed by atoms with Crippen molar-refractivity contribution in [3.8, 4) is 0 Å². The lowest BCUT2D eigenvalue weighted by Gasteiger charge is -1.97. The first-order chi connectivity index (χ1) is 4.00. The highest BCUT2D eigenvalue weighted by Crippen LogP contribution is 2.07. The van der Waals surface area contributed by atoms with Gasteiger partial charge in [-0.15, -0.1) is 0 Å². The molecule has 1 rings (SSSR count). The Morgan fingerprint density at radius 2 is 1.25 bits per heavy atom. The average molecular weight is 112 g/mol. The lowest BCUT2D eigenvalue weighted by molar-refractivity contribution is 0.730. The van der Waals surface area contributed by atoms with E-state index in [2.05, 4.69) is 12.2 Å². The van der Waals surface area contributed by atoms with Gasteiger partial charge in [-0.1, -0.05) is 26.0 Å². The van der Waals surface area contributed by atoms with Gasteiger partial charge in [0.2, 0.25) is 0 Å². The molecule has 0 spiro atoms. The summed E-state index contributed by atoms with van der Waals surface area (Å²) in [6.45, 7) is 4.00. The molecule has 0 N–H and O–H groups in total. The van der Waals surface area contributed by atoms with E-state index in [4.69, 9.17) is 0 Å². The fraction of sp³-hybridized carbons (Fsp3) is 0.750.